The van der Waals surface area contributed by atoms with Gasteiger partial charge in [-0.15, -0.1) is 26.3 Å². The van der Waals surface area contributed by atoms with Crippen LogP contribution in [0.4, 0.5) is 0 Å². The Labute approximate surface area is 420 Å². The Morgan fingerprint density at radius 2 is 0.732 bits per heavy atom. The van der Waals surface area contributed by atoms with Gasteiger partial charge < -0.3 is 101 Å². The molecule has 0 aromatic rings. The predicted octanol–water partition coefficient (Wildman–Crippen LogP) is -1.31. The molecule has 3 aliphatic heterocycles. The molecule has 3 amide bonds. The number of carbonyl (C=O) groups excluding carboxylic acids is 3. The maximum Gasteiger partial charge on any atom is 0.217 e. The summed E-state index contributed by atoms with van der Waals surface area (Å²) in [4.78, 5) is 32.6. The molecule has 15 atom stereocenters. The van der Waals surface area contributed by atoms with Gasteiger partial charge in [-0.2, -0.15) is 0 Å². The van der Waals surface area contributed by atoms with Gasteiger partial charge in [-0.25, -0.2) is 0 Å². The Bertz CT molecular complexity index is 1250. The van der Waals surface area contributed by atoms with Crippen molar-refractivity contribution >= 4 is 17.7 Å². The van der Waals surface area contributed by atoms with Crippen LogP contribution < -0.4 is 16.0 Å². The van der Waals surface area contributed by atoms with Crippen LogP contribution in [0.2, 0.25) is 0 Å². The molecule has 23 heteroatoms. The molecule has 0 saturated carbocycles. The zero-order chi connectivity index (χ0) is 55.5. The zero-order valence-electron chi connectivity index (χ0n) is 43.0. The fourth-order valence-electron chi connectivity index (χ4n) is 6.00. The summed E-state index contributed by atoms with van der Waals surface area (Å²) in [6, 6.07) is -2.82. The van der Waals surface area contributed by atoms with Crippen molar-refractivity contribution in [1.29, 1.82) is 0 Å². The van der Waals surface area contributed by atoms with Crippen LogP contribution in [0.15, 0.2) is 50.6 Å². The van der Waals surface area contributed by atoms with Gasteiger partial charge in [-0.05, 0) is 38.5 Å². The molecule has 0 bridgehead atoms. The van der Waals surface area contributed by atoms with E-state index in [1.807, 2.05) is 12.2 Å². The lowest BCUT2D eigenvalue weighted by atomic mass is 9.97. The van der Waals surface area contributed by atoms with E-state index in [9.17, 15) is 50.1 Å². The molecule has 3 saturated heterocycles. The lowest BCUT2D eigenvalue weighted by Gasteiger charge is -2.41. The van der Waals surface area contributed by atoms with E-state index in [-0.39, 0.29) is 25.0 Å². The minimum Gasteiger partial charge on any atom is -0.396 e. The second-order valence-corrected chi connectivity index (χ2v) is 16.0. The summed E-state index contributed by atoms with van der Waals surface area (Å²) in [6.45, 7) is 21.5. The van der Waals surface area contributed by atoms with Gasteiger partial charge in [-0.3, -0.25) is 14.4 Å². The standard InChI is InChI=1S/2C9H17NO6.C8H15NO6.2C6H12.2C5H10O/c2*1-4(12)10-6-8(14)7(13)5(3-11)16-9(6)15-2;1-3(11)9-5-7(13)6(12)4(2-10)15-8(5)14;2*1-3-5-6-4-2;2*1-2-3-4-5-6/h2*5-9,11,13-14H,3H2,1-2H3,(H,10,12);4-8,10,12-14H,2H2,1H3,(H,9,11);2*3H,1,4-6H2,2H3;2*2,6H,1,3-5H2/t2*5?,6?,7-,8-,9-;4?,5?,6-,7-,8?;;;;/m111..../s1. The zero-order valence-corrected chi connectivity index (χ0v) is 43.0. The molecule has 0 aromatic heterocycles. The molecule has 15 N–H and O–H groups in total. The van der Waals surface area contributed by atoms with Crippen molar-refractivity contribution in [1.82, 2.24) is 16.0 Å². The third kappa shape index (κ3) is 33.9. The summed E-state index contributed by atoms with van der Waals surface area (Å²) in [5.74, 6) is -1.20. The van der Waals surface area contributed by atoms with Gasteiger partial charge in [-0.1, -0.05) is 63.8 Å². The van der Waals surface area contributed by atoms with Crippen LogP contribution >= 0.6 is 0 Å². The van der Waals surface area contributed by atoms with Gasteiger partial charge in [0.2, 0.25) is 17.7 Å². The van der Waals surface area contributed by atoms with Crippen LogP contribution in [0.3, 0.4) is 0 Å². The third-order valence-corrected chi connectivity index (χ3v) is 9.89. The van der Waals surface area contributed by atoms with Crippen molar-refractivity contribution in [3.8, 4) is 0 Å². The largest absolute Gasteiger partial charge is 0.396 e. The van der Waals surface area contributed by atoms with Crippen LogP contribution in [-0.4, -0.2) is 218 Å². The van der Waals surface area contributed by atoms with Crippen molar-refractivity contribution < 1.29 is 99.3 Å². The highest BCUT2D eigenvalue weighted by atomic mass is 16.7. The number of aliphatic hydroxyl groups is 12. The van der Waals surface area contributed by atoms with E-state index in [0.717, 1.165) is 25.7 Å². The number of hydrogen-bond donors (Lipinski definition) is 15. The van der Waals surface area contributed by atoms with Gasteiger partial charge in [0.25, 0.3) is 0 Å². The highest BCUT2D eigenvalue weighted by molar-refractivity contribution is 5.74. The summed E-state index contributed by atoms with van der Waals surface area (Å²) in [7, 11) is 2.69. The summed E-state index contributed by atoms with van der Waals surface area (Å²) in [6.07, 6.45) is 4.65. The summed E-state index contributed by atoms with van der Waals surface area (Å²) < 4.78 is 25.1. The smallest absolute Gasteiger partial charge is 0.217 e. The van der Waals surface area contributed by atoms with Crippen molar-refractivity contribution in [3.63, 3.8) is 0 Å². The number of aliphatic hydroxyl groups excluding tert-OH is 12. The quantitative estimate of drug-likeness (QED) is 0.0497. The monoisotopic (exact) mass is 1030 g/mol. The summed E-state index contributed by atoms with van der Waals surface area (Å²) in [5.41, 5.74) is 0. The van der Waals surface area contributed by atoms with Gasteiger partial charge in [0, 0.05) is 48.2 Å². The first kappa shape index (κ1) is 74.2. The number of ether oxygens (including phenoxy) is 5. The normalized spacial score (nSPS) is 29.3. The topological polar surface area (TPSA) is 376 Å². The molecule has 0 spiro atoms. The first-order valence-electron chi connectivity index (χ1n) is 23.7. The second kappa shape index (κ2) is 47.7. The first-order valence-corrected chi connectivity index (χ1v) is 23.7. The fourth-order valence-corrected chi connectivity index (χ4v) is 6.00. The number of allylic oxidation sites excluding steroid dienone is 4. The molecule has 3 rings (SSSR count). The summed E-state index contributed by atoms with van der Waals surface area (Å²) in [5, 5.41) is 117. The molecule has 3 aliphatic rings. The predicted molar refractivity (Wildman–Crippen MR) is 265 cm³/mol. The van der Waals surface area contributed by atoms with Crippen LogP contribution in [0.25, 0.3) is 0 Å². The van der Waals surface area contributed by atoms with Crippen LogP contribution in [0.1, 0.15) is 98.8 Å². The van der Waals surface area contributed by atoms with Crippen LogP contribution in [-0.2, 0) is 38.1 Å². The van der Waals surface area contributed by atoms with E-state index < -0.39 is 118 Å². The lowest BCUT2D eigenvalue weighted by molar-refractivity contribution is -0.262. The average molecular weight is 1030 g/mol. The van der Waals surface area contributed by atoms with Gasteiger partial charge in [0.15, 0.2) is 18.9 Å². The number of amides is 3. The minimum atomic E-state index is -1.45. The first-order chi connectivity index (χ1) is 33.6. The Kier molecular flexibility index (Phi) is 49.8. The number of rotatable bonds is 20. The number of carbonyl (C=O) groups is 3. The molecule has 23 nitrogen and oxygen atoms in total. The molecule has 3 heterocycles. The van der Waals surface area contributed by atoms with E-state index in [2.05, 4.69) is 56.1 Å². The van der Waals surface area contributed by atoms with Gasteiger partial charge in [0.1, 0.15) is 73.1 Å². The van der Waals surface area contributed by atoms with Crippen molar-refractivity contribution in [2.45, 2.75) is 191 Å². The maximum absolute atomic E-state index is 10.9. The Hall–Kier alpha value is -3.31. The minimum absolute atomic E-state index is 0.284. The third-order valence-electron chi connectivity index (χ3n) is 9.89. The molecule has 71 heavy (non-hydrogen) atoms. The second-order valence-electron chi connectivity index (χ2n) is 16.0. The molecular formula is C48H93N3O20. The van der Waals surface area contributed by atoms with Gasteiger partial charge >= 0.3 is 0 Å². The summed E-state index contributed by atoms with van der Waals surface area (Å²) >= 11 is 0. The van der Waals surface area contributed by atoms with Crippen LogP contribution in [0, 0.1) is 0 Å². The maximum atomic E-state index is 10.9. The number of methoxy groups -OCH3 is 2. The van der Waals surface area contributed by atoms with E-state index in [1.54, 1.807) is 12.2 Å². The van der Waals surface area contributed by atoms with Crippen molar-refractivity contribution in [3.05, 3.63) is 50.6 Å². The fraction of sp³-hybridized carbons (Fsp3) is 0.771. The van der Waals surface area contributed by atoms with Crippen molar-refractivity contribution in [2.75, 3.05) is 47.3 Å². The SMILES string of the molecule is C=CCCCC.C=CCCCC.C=CCCCO.C=CCCCO.CC(=O)NC1C(O)OC(CO)[C@@H](O)[C@@H]1O.CO[C@@H]1OC(CO)[C@@H](O)[C@H](O)C1NC(C)=O.CO[C@@H]1OC(CO)[C@@H](O)[C@H](O)C1NC(C)=O. The Balaban J connectivity index is -0.000000388. The van der Waals surface area contributed by atoms with Crippen LogP contribution in [0.5, 0.6) is 0 Å². The molecular weight excluding hydrogens is 939 g/mol. The van der Waals surface area contributed by atoms with E-state index >= 15 is 0 Å². The lowest BCUT2D eigenvalue weighted by Crippen LogP contribution is -2.64. The highest BCUT2D eigenvalue weighted by Crippen LogP contribution is 2.23. The van der Waals surface area contributed by atoms with E-state index in [4.69, 9.17) is 49.2 Å². The molecule has 0 aromatic carbocycles. The molecule has 7 unspecified atom stereocenters. The molecule has 420 valence electrons. The van der Waals surface area contributed by atoms with Gasteiger partial charge in [0.05, 0.1) is 19.8 Å². The molecule has 0 aliphatic carbocycles. The Morgan fingerprint density at radius 1 is 0.465 bits per heavy atom. The highest BCUT2D eigenvalue weighted by Gasteiger charge is 2.46. The molecule has 3 fully saturated rings. The molecule has 0 radical (unpaired) electrons. The number of unbranched alkanes of at least 4 members (excludes halogenated alkanes) is 6. The van der Waals surface area contributed by atoms with E-state index in [0.29, 0.717) is 0 Å². The number of nitrogens with one attached hydrogen (secondary N) is 3. The number of hydrogen-bond acceptors (Lipinski definition) is 20. The van der Waals surface area contributed by atoms with Crippen molar-refractivity contribution in [2.24, 2.45) is 0 Å². The van der Waals surface area contributed by atoms with E-state index in [1.165, 1.54) is 73.5 Å². The average Bonchev–Trinajstić information content (AvgIpc) is 3.35. The Morgan fingerprint density at radius 3 is 0.944 bits per heavy atom.